The molecule has 0 aliphatic rings. The lowest BCUT2D eigenvalue weighted by Gasteiger charge is -2.16. The second kappa shape index (κ2) is 10.8. The van der Waals surface area contributed by atoms with E-state index in [-0.39, 0.29) is 5.56 Å². The van der Waals surface area contributed by atoms with Crippen molar-refractivity contribution in [2.24, 2.45) is 0 Å². The second-order valence-electron chi connectivity index (χ2n) is 7.47. The highest BCUT2D eigenvalue weighted by molar-refractivity contribution is 5.64. The fourth-order valence-electron chi connectivity index (χ4n) is 3.23. The number of alkyl halides is 2. The van der Waals surface area contributed by atoms with Crippen LogP contribution in [0.5, 0.6) is 11.5 Å². The predicted molar refractivity (Wildman–Crippen MR) is 112 cm³/mol. The summed E-state index contributed by atoms with van der Waals surface area (Å²) in [6.07, 6.45) is -6.62. The molecule has 0 amide bonds. The van der Waals surface area contributed by atoms with Crippen LogP contribution in [0.1, 0.15) is 24.5 Å². The molecular weight excluding hydrogens is 484 g/mol. The molecule has 186 valence electrons. The molecule has 10 heteroatoms. The van der Waals surface area contributed by atoms with Crippen molar-refractivity contribution in [3.63, 3.8) is 0 Å². The molecule has 0 fully saturated rings. The Balaban J connectivity index is 1.76. The summed E-state index contributed by atoms with van der Waals surface area (Å²) in [5, 5.41) is 0. The van der Waals surface area contributed by atoms with Gasteiger partial charge in [0.15, 0.2) is 17.4 Å². The number of ether oxygens (including phenoxy) is 2. The van der Waals surface area contributed by atoms with Gasteiger partial charge in [0.05, 0.1) is 11.6 Å². The van der Waals surface area contributed by atoms with Gasteiger partial charge in [0, 0.05) is 12.1 Å². The Hall–Kier alpha value is -3.56. The van der Waals surface area contributed by atoms with Crippen LogP contribution >= 0.6 is 0 Å². The van der Waals surface area contributed by atoms with E-state index in [4.69, 9.17) is 4.74 Å². The molecule has 0 saturated carbocycles. The molecule has 0 bridgehead atoms. The summed E-state index contributed by atoms with van der Waals surface area (Å²) in [5.74, 6) is -7.58. The van der Waals surface area contributed by atoms with Crippen LogP contribution < -0.4 is 9.47 Å². The average molecular weight is 502 g/mol. The lowest BCUT2D eigenvalue weighted by molar-refractivity contribution is -0.137. The number of hydrogen-bond acceptors (Lipinski definition) is 2. The minimum atomic E-state index is -4.69. The van der Waals surface area contributed by atoms with Gasteiger partial charge in [-0.15, -0.1) is 0 Å². The van der Waals surface area contributed by atoms with Crippen LogP contribution in [0.2, 0.25) is 0 Å². The van der Waals surface area contributed by atoms with Crippen molar-refractivity contribution in [2.45, 2.75) is 32.5 Å². The maximum Gasteiger partial charge on any atom is 0.425 e. The van der Waals surface area contributed by atoms with Crippen LogP contribution in [-0.4, -0.2) is 6.11 Å². The number of hydrogen-bond donors (Lipinski definition) is 0. The normalized spacial score (nSPS) is 11.3. The van der Waals surface area contributed by atoms with Gasteiger partial charge in [-0.3, -0.25) is 0 Å². The summed E-state index contributed by atoms with van der Waals surface area (Å²) in [5.41, 5.74) is 1.39. The third-order valence-corrected chi connectivity index (χ3v) is 4.84. The lowest BCUT2D eigenvalue weighted by Crippen LogP contribution is -2.23. The Kier molecular flexibility index (Phi) is 8.03. The fraction of sp³-hybridized carbons (Fsp3) is 0.200. The van der Waals surface area contributed by atoms with Gasteiger partial charge in [-0.2, -0.15) is 17.6 Å². The summed E-state index contributed by atoms with van der Waals surface area (Å²) in [7, 11) is 0. The van der Waals surface area contributed by atoms with Gasteiger partial charge in [0.2, 0.25) is 0 Å². The third kappa shape index (κ3) is 6.74. The summed E-state index contributed by atoms with van der Waals surface area (Å²) >= 11 is 0. The summed E-state index contributed by atoms with van der Waals surface area (Å²) < 4.78 is 117. The Morgan fingerprint density at radius 1 is 0.829 bits per heavy atom. The first kappa shape index (κ1) is 26.1. The first-order valence-electron chi connectivity index (χ1n) is 10.3. The molecule has 0 radical (unpaired) electrons. The van der Waals surface area contributed by atoms with Crippen LogP contribution in [0.15, 0.2) is 60.7 Å². The molecule has 0 spiro atoms. The summed E-state index contributed by atoms with van der Waals surface area (Å²) in [6.45, 7) is 1.25. The lowest BCUT2D eigenvalue weighted by atomic mass is 10.0. The zero-order valence-electron chi connectivity index (χ0n) is 18.2. The van der Waals surface area contributed by atoms with Crippen LogP contribution in [0.25, 0.3) is 11.1 Å². The topological polar surface area (TPSA) is 18.5 Å². The van der Waals surface area contributed by atoms with Crippen molar-refractivity contribution in [2.75, 3.05) is 0 Å². The van der Waals surface area contributed by atoms with E-state index in [2.05, 4.69) is 4.74 Å². The van der Waals surface area contributed by atoms with Gasteiger partial charge in [0.25, 0.3) is 6.08 Å². The summed E-state index contributed by atoms with van der Waals surface area (Å²) in [4.78, 5) is 0. The fourth-order valence-corrected chi connectivity index (χ4v) is 3.23. The molecule has 0 aliphatic carbocycles. The quantitative estimate of drug-likeness (QED) is 0.275. The van der Waals surface area contributed by atoms with E-state index in [0.717, 1.165) is 30.5 Å². The van der Waals surface area contributed by atoms with E-state index >= 15 is 0 Å². The molecule has 2 nitrogen and oxygen atoms in total. The van der Waals surface area contributed by atoms with Crippen molar-refractivity contribution >= 4 is 0 Å². The van der Waals surface area contributed by atoms with Crippen LogP contribution in [0.3, 0.4) is 0 Å². The Labute approximate surface area is 195 Å². The molecular formula is C25H18F8O2. The molecule has 3 rings (SSSR count). The Bertz CT molecular complexity index is 1170. The number of aryl methyl sites for hydroxylation is 1. The van der Waals surface area contributed by atoms with E-state index in [1.54, 1.807) is 12.1 Å². The SMILES string of the molecule is CCCc1ccc(-c2cc(F)c(COc3cc(F)c(OC(F)(F)C=C(F)F)c(F)c3)c(F)c2)cc1. The van der Waals surface area contributed by atoms with Gasteiger partial charge in [-0.1, -0.05) is 37.6 Å². The molecule has 0 atom stereocenters. The molecule has 0 saturated heterocycles. The Morgan fingerprint density at radius 3 is 1.91 bits per heavy atom. The maximum absolute atomic E-state index is 14.6. The van der Waals surface area contributed by atoms with Gasteiger partial charge < -0.3 is 9.47 Å². The smallest absolute Gasteiger partial charge is 0.425 e. The molecule has 0 heterocycles. The average Bonchev–Trinajstić information content (AvgIpc) is 2.75. The standard InChI is InChI=1S/C25H18F8O2/c1-2-3-14-4-6-15(7-5-14)16-8-19(26)18(20(27)9-16)13-34-17-10-21(28)24(22(29)11-17)35-25(32,33)12-23(30)31/h4-12H,2-3,13H2,1H3. The van der Waals surface area contributed by atoms with E-state index in [9.17, 15) is 35.1 Å². The molecule has 0 unspecified atom stereocenters. The third-order valence-electron chi connectivity index (χ3n) is 4.84. The van der Waals surface area contributed by atoms with E-state index in [1.165, 1.54) is 0 Å². The van der Waals surface area contributed by atoms with Crippen LogP contribution in [0.4, 0.5) is 35.1 Å². The number of benzene rings is 3. The van der Waals surface area contributed by atoms with Crippen molar-refractivity contribution < 1.29 is 44.6 Å². The molecule has 3 aromatic rings. The second-order valence-corrected chi connectivity index (χ2v) is 7.47. The number of halogens is 8. The largest absolute Gasteiger partial charge is 0.488 e. The minimum absolute atomic E-state index is 0.269. The van der Waals surface area contributed by atoms with Gasteiger partial charge in [0.1, 0.15) is 24.0 Å². The van der Waals surface area contributed by atoms with Gasteiger partial charge >= 0.3 is 6.11 Å². The predicted octanol–water partition coefficient (Wildman–Crippen LogP) is 8.19. The van der Waals surface area contributed by atoms with E-state index in [0.29, 0.717) is 17.7 Å². The highest BCUT2D eigenvalue weighted by Crippen LogP contribution is 2.33. The van der Waals surface area contributed by atoms with Crippen molar-refractivity contribution in [3.8, 4) is 22.6 Å². The maximum atomic E-state index is 14.6. The first-order chi connectivity index (χ1) is 16.5. The molecule has 0 N–H and O–H groups in total. The zero-order valence-corrected chi connectivity index (χ0v) is 18.2. The molecule has 0 aromatic heterocycles. The van der Waals surface area contributed by atoms with Gasteiger partial charge in [-0.05, 0) is 35.2 Å². The highest BCUT2D eigenvalue weighted by atomic mass is 19.3. The first-order valence-corrected chi connectivity index (χ1v) is 10.3. The highest BCUT2D eigenvalue weighted by Gasteiger charge is 2.33. The van der Waals surface area contributed by atoms with Crippen LogP contribution in [0, 0.1) is 23.3 Å². The van der Waals surface area contributed by atoms with E-state index < -0.39 is 65.2 Å². The minimum Gasteiger partial charge on any atom is -0.488 e. The summed E-state index contributed by atoms with van der Waals surface area (Å²) in [6, 6.07) is 10.1. The van der Waals surface area contributed by atoms with E-state index in [1.807, 2.05) is 19.1 Å². The van der Waals surface area contributed by atoms with Gasteiger partial charge in [-0.25, -0.2) is 17.6 Å². The molecule has 0 aliphatic heterocycles. The number of rotatable bonds is 9. The monoisotopic (exact) mass is 502 g/mol. The van der Waals surface area contributed by atoms with Crippen molar-refractivity contribution in [1.82, 2.24) is 0 Å². The zero-order chi connectivity index (χ0) is 25.8. The van der Waals surface area contributed by atoms with Crippen LogP contribution in [-0.2, 0) is 13.0 Å². The van der Waals surface area contributed by atoms with Crippen molar-refractivity contribution in [1.29, 1.82) is 0 Å². The molecule has 35 heavy (non-hydrogen) atoms. The molecule has 3 aromatic carbocycles. The van der Waals surface area contributed by atoms with Crippen molar-refractivity contribution in [3.05, 3.63) is 95.1 Å². The Morgan fingerprint density at radius 2 is 1.40 bits per heavy atom.